The highest BCUT2D eigenvalue weighted by atomic mass is 16.6. The van der Waals surface area contributed by atoms with Gasteiger partial charge in [0, 0.05) is 11.6 Å². The number of carbonyl (C=O) groups is 2. The van der Waals surface area contributed by atoms with Crippen LogP contribution in [-0.2, 0) is 9.59 Å². The summed E-state index contributed by atoms with van der Waals surface area (Å²) in [6.45, 7) is 1.95. The molecule has 0 radical (unpaired) electrons. The van der Waals surface area contributed by atoms with Crippen LogP contribution in [0.5, 0.6) is 11.5 Å². The second kappa shape index (κ2) is 6.74. The van der Waals surface area contributed by atoms with Crippen LogP contribution >= 0.6 is 0 Å². The molecule has 9 nitrogen and oxygen atoms in total. The van der Waals surface area contributed by atoms with Crippen molar-refractivity contribution in [2.45, 2.75) is 13.3 Å². The van der Waals surface area contributed by atoms with E-state index in [-0.39, 0.29) is 59.3 Å². The van der Waals surface area contributed by atoms with Gasteiger partial charge in [-0.2, -0.15) is 10.1 Å². The summed E-state index contributed by atoms with van der Waals surface area (Å²) in [4.78, 5) is 36.1. The van der Waals surface area contributed by atoms with Gasteiger partial charge in [-0.15, -0.1) is 0 Å². The van der Waals surface area contributed by atoms with Crippen molar-refractivity contribution in [3.05, 3.63) is 40.0 Å². The first-order valence-corrected chi connectivity index (χ1v) is 9.05. The number of hydrogen-bond acceptors (Lipinski definition) is 7. The van der Waals surface area contributed by atoms with Crippen molar-refractivity contribution in [2.24, 2.45) is 28.8 Å². The first-order valence-electron chi connectivity index (χ1n) is 9.05. The summed E-state index contributed by atoms with van der Waals surface area (Å²) in [5.41, 5.74) is 0.0478. The summed E-state index contributed by atoms with van der Waals surface area (Å²) in [5, 5.41) is 16.3. The first kappa shape index (κ1) is 18.1. The number of benzene rings is 1. The van der Waals surface area contributed by atoms with E-state index in [0.29, 0.717) is 5.56 Å². The molecule has 1 aliphatic heterocycles. The van der Waals surface area contributed by atoms with Crippen LogP contribution in [0.3, 0.4) is 0 Å². The number of nitro benzene ring substituents is 1. The summed E-state index contributed by atoms with van der Waals surface area (Å²) in [5.74, 6) is -0.913. The van der Waals surface area contributed by atoms with E-state index in [0.717, 1.165) is 11.4 Å². The Hall–Kier alpha value is -3.23. The fraction of sp³-hybridized carbons (Fsp3) is 0.421. The Bertz CT molecular complexity index is 894. The molecule has 4 atom stereocenters. The zero-order chi connectivity index (χ0) is 20.0. The lowest BCUT2D eigenvalue weighted by molar-refractivity contribution is -0.385. The Morgan fingerprint density at radius 1 is 1.25 bits per heavy atom. The van der Waals surface area contributed by atoms with Crippen molar-refractivity contribution in [2.75, 3.05) is 13.7 Å². The number of nitrogens with zero attached hydrogens (tertiary/aromatic N) is 3. The van der Waals surface area contributed by atoms with Crippen LogP contribution in [0.15, 0.2) is 29.4 Å². The number of rotatable bonds is 6. The predicted octanol–water partition coefficient (Wildman–Crippen LogP) is 2.14. The highest BCUT2D eigenvalue weighted by Gasteiger charge is 2.59. The number of allylic oxidation sites excluding steroid dienone is 2. The highest BCUT2D eigenvalue weighted by molar-refractivity contribution is 6.06. The van der Waals surface area contributed by atoms with Gasteiger partial charge < -0.3 is 9.47 Å². The third-order valence-electron chi connectivity index (χ3n) is 5.53. The highest BCUT2D eigenvalue weighted by Crippen LogP contribution is 2.52. The van der Waals surface area contributed by atoms with E-state index in [4.69, 9.17) is 9.47 Å². The third-order valence-corrected chi connectivity index (χ3v) is 5.53. The average Bonchev–Trinajstić information content (AvgIpc) is 3.35. The number of amides is 2. The second-order valence-electron chi connectivity index (χ2n) is 6.99. The molecule has 1 aromatic carbocycles. The van der Waals surface area contributed by atoms with Crippen molar-refractivity contribution >= 4 is 23.7 Å². The Kier molecular flexibility index (Phi) is 4.37. The fourth-order valence-corrected chi connectivity index (χ4v) is 4.38. The summed E-state index contributed by atoms with van der Waals surface area (Å²) >= 11 is 0. The van der Waals surface area contributed by atoms with E-state index >= 15 is 0 Å². The minimum absolute atomic E-state index is 0.0256. The van der Waals surface area contributed by atoms with E-state index in [9.17, 15) is 19.7 Å². The molecule has 1 saturated heterocycles. The molecule has 3 aliphatic rings. The normalized spacial score (nSPS) is 27.7. The largest absolute Gasteiger partial charge is 0.493 e. The molecule has 2 amide bonds. The Balaban J connectivity index is 1.63. The van der Waals surface area contributed by atoms with E-state index in [1.54, 1.807) is 6.92 Å². The summed E-state index contributed by atoms with van der Waals surface area (Å²) < 4.78 is 10.5. The van der Waals surface area contributed by atoms with Gasteiger partial charge in [0.1, 0.15) is 0 Å². The number of carbonyl (C=O) groups excluding carboxylic acids is 2. The second-order valence-corrected chi connectivity index (χ2v) is 6.99. The number of ether oxygens (including phenoxy) is 2. The van der Waals surface area contributed by atoms with E-state index in [1.807, 2.05) is 12.2 Å². The van der Waals surface area contributed by atoms with Gasteiger partial charge in [0.05, 0.1) is 36.7 Å². The number of nitro groups is 1. The van der Waals surface area contributed by atoms with Crippen molar-refractivity contribution in [3.8, 4) is 11.5 Å². The lowest BCUT2D eigenvalue weighted by Crippen LogP contribution is -2.28. The summed E-state index contributed by atoms with van der Waals surface area (Å²) in [6.07, 6.45) is 6.11. The molecule has 28 heavy (non-hydrogen) atoms. The molecule has 4 rings (SSSR count). The van der Waals surface area contributed by atoms with Crippen molar-refractivity contribution in [3.63, 3.8) is 0 Å². The van der Waals surface area contributed by atoms with Gasteiger partial charge in [-0.25, -0.2) is 0 Å². The molecule has 2 aliphatic carbocycles. The Labute approximate surface area is 160 Å². The molecule has 0 unspecified atom stereocenters. The average molecular weight is 385 g/mol. The van der Waals surface area contributed by atoms with Gasteiger partial charge in [-0.05, 0) is 31.2 Å². The van der Waals surface area contributed by atoms with Crippen molar-refractivity contribution in [1.29, 1.82) is 0 Å². The molecular formula is C19H19N3O6. The zero-order valence-corrected chi connectivity index (χ0v) is 15.4. The van der Waals surface area contributed by atoms with E-state index < -0.39 is 4.92 Å². The van der Waals surface area contributed by atoms with Gasteiger partial charge in [-0.3, -0.25) is 19.7 Å². The van der Waals surface area contributed by atoms with Crippen LogP contribution in [0.4, 0.5) is 5.69 Å². The molecule has 0 spiro atoms. The lowest BCUT2D eigenvalue weighted by atomic mass is 9.85. The minimum atomic E-state index is -0.579. The number of hydrogen-bond donors (Lipinski definition) is 0. The molecule has 1 saturated carbocycles. The Morgan fingerprint density at radius 3 is 2.43 bits per heavy atom. The maximum atomic E-state index is 12.7. The number of hydrazone groups is 1. The SMILES string of the molecule is CCOc1c(OC)cc(C=NN2C(=O)[C@@H]3[C@H](C2=O)[C@H]2C=C[C@H]3C2)cc1[N+](=O)[O-]. The monoisotopic (exact) mass is 385 g/mol. The van der Waals surface area contributed by atoms with Crippen LogP contribution in [0.25, 0.3) is 0 Å². The van der Waals surface area contributed by atoms with Gasteiger partial charge in [-0.1, -0.05) is 12.2 Å². The summed E-state index contributed by atoms with van der Waals surface area (Å²) in [7, 11) is 1.37. The number of methoxy groups -OCH3 is 1. The molecular weight excluding hydrogens is 366 g/mol. The molecule has 1 aromatic rings. The Morgan fingerprint density at radius 2 is 1.89 bits per heavy atom. The third kappa shape index (κ3) is 2.65. The first-order chi connectivity index (χ1) is 13.5. The molecule has 146 valence electrons. The van der Waals surface area contributed by atoms with Gasteiger partial charge in [0.25, 0.3) is 11.8 Å². The maximum absolute atomic E-state index is 12.7. The quantitative estimate of drug-likeness (QED) is 0.244. The van der Waals surface area contributed by atoms with E-state index in [1.165, 1.54) is 25.5 Å². The van der Waals surface area contributed by atoms with Crippen LogP contribution in [-0.4, -0.2) is 41.7 Å². The van der Waals surface area contributed by atoms with Crippen molar-refractivity contribution < 1.29 is 24.0 Å². The topological polar surface area (TPSA) is 111 Å². The molecule has 0 aromatic heterocycles. The standard InChI is InChI=1S/C19H19N3O6/c1-3-28-17-13(22(25)26)6-10(7-14(17)27-2)9-20-21-18(23)15-11-4-5-12(8-11)16(15)19(21)24/h4-7,9,11-12,15-16H,3,8H2,1-2H3/t11-,12-,15-,16+/m0/s1. The smallest absolute Gasteiger partial charge is 0.315 e. The molecule has 9 heteroatoms. The summed E-state index contributed by atoms with van der Waals surface area (Å²) in [6, 6.07) is 2.78. The van der Waals surface area contributed by atoms with Crippen LogP contribution in [0.1, 0.15) is 18.9 Å². The van der Waals surface area contributed by atoms with Crippen LogP contribution in [0, 0.1) is 33.8 Å². The predicted molar refractivity (Wildman–Crippen MR) is 98.0 cm³/mol. The number of imide groups is 1. The maximum Gasteiger partial charge on any atom is 0.315 e. The van der Waals surface area contributed by atoms with Gasteiger partial charge in [0.15, 0.2) is 5.75 Å². The van der Waals surface area contributed by atoms with Crippen molar-refractivity contribution in [1.82, 2.24) is 5.01 Å². The number of fused-ring (bicyclic) bond motifs is 5. The molecule has 0 N–H and O–H groups in total. The van der Waals surface area contributed by atoms with Gasteiger partial charge in [0.2, 0.25) is 5.75 Å². The van der Waals surface area contributed by atoms with E-state index in [2.05, 4.69) is 5.10 Å². The van der Waals surface area contributed by atoms with Crippen LogP contribution < -0.4 is 9.47 Å². The van der Waals surface area contributed by atoms with Gasteiger partial charge >= 0.3 is 5.69 Å². The lowest BCUT2D eigenvalue weighted by Gasteiger charge is -2.13. The minimum Gasteiger partial charge on any atom is -0.493 e. The molecule has 2 fully saturated rings. The van der Waals surface area contributed by atoms with Crippen LogP contribution in [0.2, 0.25) is 0 Å². The molecule has 1 heterocycles. The zero-order valence-electron chi connectivity index (χ0n) is 15.4. The fourth-order valence-electron chi connectivity index (χ4n) is 4.38. The molecule has 2 bridgehead atoms.